The van der Waals surface area contributed by atoms with Crippen LogP contribution in [0, 0.1) is 6.92 Å². The first-order valence-corrected chi connectivity index (χ1v) is 8.75. The Morgan fingerprint density at radius 2 is 2.08 bits per heavy atom. The Morgan fingerprint density at radius 3 is 2.76 bits per heavy atom. The minimum Gasteiger partial charge on any atom is -0.493 e. The Bertz CT molecular complexity index is 775. The lowest BCUT2D eigenvalue weighted by molar-refractivity contribution is 0.0954. The first-order valence-electron chi connectivity index (χ1n) is 7.96. The summed E-state index contributed by atoms with van der Waals surface area (Å²) in [7, 11) is 1.58. The van der Waals surface area contributed by atoms with E-state index in [9.17, 15) is 4.79 Å². The van der Waals surface area contributed by atoms with Gasteiger partial charge in [-0.3, -0.25) is 4.79 Å². The molecule has 0 heterocycles. The van der Waals surface area contributed by atoms with E-state index in [1.807, 2.05) is 38.1 Å². The first kappa shape index (κ1) is 19.0. The fourth-order valence-corrected chi connectivity index (χ4v) is 2.79. The Morgan fingerprint density at radius 1 is 1.32 bits per heavy atom. The molecule has 0 fully saturated rings. The number of benzene rings is 2. The topological polar surface area (TPSA) is 59.9 Å². The van der Waals surface area contributed by atoms with Gasteiger partial charge in [-0.25, -0.2) is 5.43 Å². The Kier molecular flexibility index (Phi) is 7.01. The number of carbonyl (C=O) groups excluding carboxylic acids is 1. The Labute approximate surface area is 156 Å². The lowest BCUT2D eigenvalue weighted by atomic mass is 10.1. The van der Waals surface area contributed by atoms with E-state index in [4.69, 9.17) is 9.47 Å². The van der Waals surface area contributed by atoms with Gasteiger partial charge in [0.1, 0.15) is 0 Å². The van der Waals surface area contributed by atoms with E-state index >= 15 is 0 Å². The number of hydrogen-bond acceptors (Lipinski definition) is 4. The van der Waals surface area contributed by atoms with E-state index in [1.54, 1.807) is 25.5 Å². The SMILES string of the molecule is CCCOc1c(Br)cc(C=NNC(=O)c2ccccc2C)cc1OC. The number of methoxy groups -OCH3 is 1. The molecule has 0 radical (unpaired) electrons. The fraction of sp³-hybridized carbons (Fsp3) is 0.263. The number of halogens is 1. The number of nitrogens with zero attached hydrogens (tertiary/aromatic N) is 1. The van der Waals surface area contributed by atoms with Gasteiger partial charge in [-0.2, -0.15) is 5.10 Å². The molecule has 0 saturated heterocycles. The van der Waals surface area contributed by atoms with E-state index in [-0.39, 0.29) is 5.91 Å². The normalized spacial score (nSPS) is 10.7. The summed E-state index contributed by atoms with van der Waals surface area (Å²) in [6.45, 7) is 4.53. The van der Waals surface area contributed by atoms with Gasteiger partial charge in [0.25, 0.3) is 5.91 Å². The van der Waals surface area contributed by atoms with Crippen molar-refractivity contribution >= 4 is 28.1 Å². The molecule has 0 aliphatic carbocycles. The molecular weight excluding hydrogens is 384 g/mol. The van der Waals surface area contributed by atoms with E-state index in [1.165, 1.54) is 0 Å². The molecule has 6 heteroatoms. The van der Waals surface area contributed by atoms with Crippen LogP contribution in [0.1, 0.15) is 34.8 Å². The average Bonchev–Trinajstić information content (AvgIpc) is 2.60. The highest BCUT2D eigenvalue weighted by Gasteiger charge is 2.11. The summed E-state index contributed by atoms with van der Waals surface area (Å²) in [5.74, 6) is 1.02. The maximum Gasteiger partial charge on any atom is 0.271 e. The Balaban J connectivity index is 2.12. The predicted octanol–water partition coefficient (Wildman–Crippen LogP) is 4.32. The molecule has 0 saturated carbocycles. The average molecular weight is 405 g/mol. The second-order valence-corrected chi connectivity index (χ2v) is 6.25. The van der Waals surface area contributed by atoms with Crippen LogP contribution >= 0.6 is 15.9 Å². The fourth-order valence-electron chi connectivity index (χ4n) is 2.21. The van der Waals surface area contributed by atoms with Gasteiger partial charge < -0.3 is 9.47 Å². The predicted molar refractivity (Wildman–Crippen MR) is 103 cm³/mol. The van der Waals surface area contributed by atoms with Crippen LogP contribution in [0.15, 0.2) is 46.0 Å². The summed E-state index contributed by atoms with van der Waals surface area (Å²) in [6, 6.07) is 11.0. The molecule has 5 nitrogen and oxygen atoms in total. The van der Waals surface area contributed by atoms with E-state index < -0.39 is 0 Å². The van der Waals surface area contributed by atoms with Gasteiger partial charge in [-0.05, 0) is 58.6 Å². The number of nitrogens with one attached hydrogen (secondary N) is 1. The van der Waals surface area contributed by atoms with Crippen molar-refractivity contribution in [1.82, 2.24) is 5.43 Å². The van der Waals surface area contributed by atoms with Crippen molar-refractivity contribution in [1.29, 1.82) is 0 Å². The highest BCUT2D eigenvalue weighted by Crippen LogP contribution is 2.36. The molecule has 1 amide bonds. The molecule has 0 aromatic heterocycles. The summed E-state index contributed by atoms with van der Waals surface area (Å²) in [4.78, 5) is 12.1. The smallest absolute Gasteiger partial charge is 0.271 e. The van der Waals surface area contributed by atoms with Crippen LogP contribution in [0.3, 0.4) is 0 Å². The number of aryl methyl sites for hydroxylation is 1. The molecule has 2 rings (SSSR count). The zero-order valence-electron chi connectivity index (χ0n) is 14.5. The first-order chi connectivity index (χ1) is 12.1. The molecule has 0 bridgehead atoms. The van der Waals surface area contributed by atoms with Crippen LogP contribution in [-0.2, 0) is 0 Å². The summed E-state index contributed by atoms with van der Waals surface area (Å²) >= 11 is 3.48. The molecule has 0 aliphatic heterocycles. The third-order valence-electron chi connectivity index (χ3n) is 3.47. The largest absolute Gasteiger partial charge is 0.493 e. The van der Waals surface area contributed by atoms with E-state index in [0.717, 1.165) is 22.0 Å². The minimum atomic E-state index is -0.247. The third kappa shape index (κ3) is 5.06. The van der Waals surface area contributed by atoms with Crippen LogP contribution in [0.2, 0.25) is 0 Å². The van der Waals surface area contributed by atoms with Crippen molar-refractivity contribution in [3.05, 3.63) is 57.6 Å². The second kappa shape index (κ2) is 9.22. The van der Waals surface area contributed by atoms with Crippen molar-refractivity contribution in [3.8, 4) is 11.5 Å². The van der Waals surface area contributed by atoms with Crippen molar-refractivity contribution in [2.75, 3.05) is 13.7 Å². The molecule has 1 N–H and O–H groups in total. The maximum atomic E-state index is 12.1. The zero-order valence-corrected chi connectivity index (χ0v) is 16.1. The molecule has 25 heavy (non-hydrogen) atoms. The molecule has 0 spiro atoms. The highest BCUT2D eigenvalue weighted by atomic mass is 79.9. The number of ether oxygens (including phenoxy) is 2. The van der Waals surface area contributed by atoms with Gasteiger partial charge in [-0.15, -0.1) is 0 Å². The molecule has 2 aromatic rings. The van der Waals surface area contributed by atoms with Gasteiger partial charge >= 0.3 is 0 Å². The standard InChI is InChI=1S/C19H21BrN2O3/c1-4-9-25-18-16(20)10-14(11-17(18)24-3)12-21-22-19(23)15-8-6-5-7-13(15)2/h5-8,10-12H,4,9H2,1-3H3,(H,22,23). The molecule has 0 unspecified atom stereocenters. The number of hydrazone groups is 1. The number of amides is 1. The minimum absolute atomic E-state index is 0.247. The van der Waals surface area contributed by atoms with Crippen LogP contribution in [0.5, 0.6) is 11.5 Å². The number of rotatable bonds is 7. The molecule has 132 valence electrons. The quantitative estimate of drug-likeness (QED) is 0.552. The lowest BCUT2D eigenvalue weighted by Crippen LogP contribution is -2.18. The lowest BCUT2D eigenvalue weighted by Gasteiger charge is -2.12. The number of hydrogen-bond donors (Lipinski definition) is 1. The van der Waals surface area contributed by atoms with E-state index in [0.29, 0.717) is 23.7 Å². The monoisotopic (exact) mass is 404 g/mol. The molecule has 2 aromatic carbocycles. The van der Waals surface area contributed by atoms with Crippen LogP contribution < -0.4 is 14.9 Å². The second-order valence-electron chi connectivity index (χ2n) is 5.40. The summed E-state index contributed by atoms with van der Waals surface area (Å²) in [6.07, 6.45) is 2.47. The van der Waals surface area contributed by atoms with Crippen LogP contribution in [-0.4, -0.2) is 25.8 Å². The highest BCUT2D eigenvalue weighted by molar-refractivity contribution is 9.10. The summed E-state index contributed by atoms with van der Waals surface area (Å²) < 4.78 is 11.8. The van der Waals surface area contributed by atoms with Crippen LogP contribution in [0.25, 0.3) is 0 Å². The molecule has 0 aliphatic rings. The van der Waals surface area contributed by atoms with Crippen molar-refractivity contribution in [2.24, 2.45) is 5.10 Å². The Hall–Kier alpha value is -2.34. The van der Waals surface area contributed by atoms with Gasteiger partial charge in [0.05, 0.1) is 24.4 Å². The van der Waals surface area contributed by atoms with Gasteiger partial charge in [0.2, 0.25) is 0 Å². The van der Waals surface area contributed by atoms with Crippen molar-refractivity contribution < 1.29 is 14.3 Å². The maximum absolute atomic E-state index is 12.1. The molecule has 0 atom stereocenters. The zero-order chi connectivity index (χ0) is 18.2. The van der Waals surface area contributed by atoms with Gasteiger partial charge in [-0.1, -0.05) is 25.1 Å². The van der Waals surface area contributed by atoms with Gasteiger partial charge in [0, 0.05) is 5.56 Å². The summed E-state index contributed by atoms with van der Waals surface area (Å²) in [5.41, 5.74) is 4.81. The summed E-state index contributed by atoms with van der Waals surface area (Å²) in [5, 5.41) is 4.03. The van der Waals surface area contributed by atoms with Gasteiger partial charge in [0.15, 0.2) is 11.5 Å². The van der Waals surface area contributed by atoms with E-state index in [2.05, 4.69) is 26.5 Å². The van der Waals surface area contributed by atoms with Crippen molar-refractivity contribution in [2.45, 2.75) is 20.3 Å². The number of carbonyl (C=O) groups is 1. The van der Waals surface area contributed by atoms with Crippen LogP contribution in [0.4, 0.5) is 0 Å². The molecular formula is C19H21BrN2O3. The third-order valence-corrected chi connectivity index (χ3v) is 4.06. The van der Waals surface area contributed by atoms with Crippen molar-refractivity contribution in [3.63, 3.8) is 0 Å².